The van der Waals surface area contributed by atoms with Gasteiger partial charge in [0, 0.05) is 23.5 Å². The lowest BCUT2D eigenvalue weighted by Gasteiger charge is -2.01. The van der Waals surface area contributed by atoms with Crippen molar-refractivity contribution in [2.24, 2.45) is 0 Å². The number of methoxy groups -OCH3 is 1. The van der Waals surface area contributed by atoms with E-state index in [0.29, 0.717) is 0 Å². The highest BCUT2D eigenvalue weighted by atomic mass is 32.1. The van der Waals surface area contributed by atoms with Crippen LogP contribution in [0.5, 0.6) is 5.75 Å². The number of pyridine rings is 1. The monoisotopic (exact) mass is 285 g/mol. The fraction of sp³-hybridized carbons (Fsp3) is 0.200. The Morgan fingerprint density at radius 3 is 2.85 bits per heavy atom. The fourth-order valence-electron chi connectivity index (χ4n) is 2.21. The van der Waals surface area contributed by atoms with Gasteiger partial charge in [-0.25, -0.2) is 4.98 Å². The largest absolute Gasteiger partial charge is 0.495 e. The molecule has 1 N–H and O–H groups in total. The Balaban J connectivity index is 2.09. The number of aromatic amines is 1. The first kappa shape index (κ1) is 12.9. The van der Waals surface area contributed by atoms with Crippen LogP contribution in [0.15, 0.2) is 29.9 Å². The zero-order valence-corrected chi connectivity index (χ0v) is 12.4. The average molecular weight is 285 g/mol. The van der Waals surface area contributed by atoms with Gasteiger partial charge in [0.05, 0.1) is 18.5 Å². The standard InChI is InChI=1S/C15H15N3OS/c1-9-8-20-14(13(9)19-3)15-17-10(2)12(18-15)11-5-4-6-16-7-11/h4-8H,1-3H3,(H,17,18). The second-order valence-electron chi connectivity index (χ2n) is 4.57. The summed E-state index contributed by atoms with van der Waals surface area (Å²) in [6.45, 7) is 4.03. The van der Waals surface area contributed by atoms with Crippen LogP contribution in [0, 0.1) is 13.8 Å². The lowest BCUT2D eigenvalue weighted by molar-refractivity contribution is 0.415. The number of ether oxygens (including phenoxy) is 1. The maximum absolute atomic E-state index is 5.46. The Morgan fingerprint density at radius 1 is 1.30 bits per heavy atom. The minimum atomic E-state index is 0.844. The van der Waals surface area contributed by atoms with Gasteiger partial charge < -0.3 is 9.72 Å². The summed E-state index contributed by atoms with van der Waals surface area (Å²) in [4.78, 5) is 13.2. The van der Waals surface area contributed by atoms with E-state index >= 15 is 0 Å². The number of H-pyrrole nitrogens is 1. The molecule has 0 atom stereocenters. The van der Waals surface area contributed by atoms with Gasteiger partial charge in [0.15, 0.2) is 5.82 Å². The smallest absolute Gasteiger partial charge is 0.152 e. The molecule has 3 rings (SSSR count). The van der Waals surface area contributed by atoms with Crippen molar-refractivity contribution in [3.8, 4) is 27.7 Å². The maximum atomic E-state index is 5.46. The van der Waals surface area contributed by atoms with Crippen LogP contribution in [-0.4, -0.2) is 22.1 Å². The lowest BCUT2D eigenvalue weighted by Crippen LogP contribution is -1.86. The number of nitrogens with one attached hydrogen (secondary N) is 1. The number of nitrogens with zero attached hydrogens (tertiary/aromatic N) is 2. The number of imidazole rings is 1. The Morgan fingerprint density at radius 2 is 2.15 bits per heavy atom. The average Bonchev–Trinajstić information content (AvgIpc) is 3.02. The molecule has 3 aromatic heterocycles. The van der Waals surface area contributed by atoms with Gasteiger partial charge in [-0.3, -0.25) is 4.98 Å². The van der Waals surface area contributed by atoms with Gasteiger partial charge in [-0.15, -0.1) is 11.3 Å². The fourth-order valence-corrected chi connectivity index (χ4v) is 3.17. The van der Waals surface area contributed by atoms with E-state index in [1.165, 1.54) is 0 Å². The molecule has 0 amide bonds. The highest BCUT2D eigenvalue weighted by molar-refractivity contribution is 7.14. The van der Waals surface area contributed by atoms with E-state index in [2.05, 4.69) is 20.3 Å². The molecule has 0 saturated heterocycles. The third kappa shape index (κ3) is 2.10. The van der Waals surface area contributed by atoms with Crippen molar-refractivity contribution in [2.45, 2.75) is 13.8 Å². The van der Waals surface area contributed by atoms with E-state index in [0.717, 1.165) is 39.0 Å². The Labute approximate surface area is 121 Å². The maximum Gasteiger partial charge on any atom is 0.152 e. The van der Waals surface area contributed by atoms with Gasteiger partial charge in [-0.1, -0.05) is 0 Å². The number of hydrogen-bond donors (Lipinski definition) is 1. The Hall–Kier alpha value is -2.14. The number of aromatic nitrogens is 3. The Kier molecular flexibility index (Phi) is 3.28. The molecule has 102 valence electrons. The third-order valence-electron chi connectivity index (χ3n) is 3.17. The van der Waals surface area contributed by atoms with E-state index in [9.17, 15) is 0 Å². The number of thiophene rings is 1. The summed E-state index contributed by atoms with van der Waals surface area (Å²) in [5, 5.41) is 2.08. The van der Waals surface area contributed by atoms with Crippen molar-refractivity contribution in [1.29, 1.82) is 0 Å². The van der Waals surface area contributed by atoms with E-state index in [1.54, 1.807) is 24.6 Å². The minimum Gasteiger partial charge on any atom is -0.495 e. The summed E-state index contributed by atoms with van der Waals surface area (Å²) in [6, 6.07) is 3.94. The molecule has 0 spiro atoms. The predicted octanol–water partition coefficient (Wildman–Crippen LogP) is 3.83. The van der Waals surface area contributed by atoms with Gasteiger partial charge in [-0.05, 0) is 31.4 Å². The Bertz CT molecular complexity index is 731. The summed E-state index contributed by atoms with van der Waals surface area (Å²) < 4.78 is 5.46. The van der Waals surface area contributed by atoms with E-state index in [-0.39, 0.29) is 0 Å². The van der Waals surface area contributed by atoms with Crippen LogP contribution in [-0.2, 0) is 0 Å². The lowest BCUT2D eigenvalue weighted by atomic mass is 10.2. The molecule has 0 aliphatic carbocycles. The van der Waals surface area contributed by atoms with Crippen molar-refractivity contribution in [1.82, 2.24) is 15.0 Å². The first-order chi connectivity index (χ1) is 9.70. The van der Waals surface area contributed by atoms with Crippen molar-refractivity contribution in [3.63, 3.8) is 0 Å². The van der Waals surface area contributed by atoms with Crippen LogP contribution >= 0.6 is 11.3 Å². The summed E-state index contributed by atoms with van der Waals surface area (Å²) >= 11 is 1.64. The number of aryl methyl sites for hydroxylation is 2. The molecule has 3 heterocycles. The van der Waals surface area contributed by atoms with Crippen LogP contribution in [0.3, 0.4) is 0 Å². The molecular weight excluding hydrogens is 270 g/mol. The second-order valence-corrected chi connectivity index (χ2v) is 5.45. The zero-order chi connectivity index (χ0) is 14.1. The normalized spacial score (nSPS) is 10.8. The molecule has 0 bridgehead atoms. The molecule has 20 heavy (non-hydrogen) atoms. The molecule has 3 aromatic rings. The van der Waals surface area contributed by atoms with Gasteiger partial charge in [0.2, 0.25) is 0 Å². The first-order valence-corrected chi connectivity index (χ1v) is 7.18. The quantitative estimate of drug-likeness (QED) is 0.795. The second kappa shape index (κ2) is 5.09. The van der Waals surface area contributed by atoms with Gasteiger partial charge in [0.25, 0.3) is 0 Å². The molecular formula is C15H15N3OS. The van der Waals surface area contributed by atoms with Crippen LogP contribution in [0.1, 0.15) is 11.3 Å². The van der Waals surface area contributed by atoms with Crippen molar-refractivity contribution in [3.05, 3.63) is 41.2 Å². The van der Waals surface area contributed by atoms with Crippen molar-refractivity contribution < 1.29 is 4.74 Å². The summed E-state index contributed by atoms with van der Waals surface area (Å²) in [5.41, 5.74) is 4.13. The molecule has 0 saturated carbocycles. The highest BCUT2D eigenvalue weighted by Crippen LogP contribution is 2.38. The minimum absolute atomic E-state index is 0.844. The highest BCUT2D eigenvalue weighted by Gasteiger charge is 2.16. The summed E-state index contributed by atoms with van der Waals surface area (Å²) in [5.74, 6) is 1.73. The molecule has 0 radical (unpaired) electrons. The molecule has 0 unspecified atom stereocenters. The molecule has 5 heteroatoms. The molecule has 4 nitrogen and oxygen atoms in total. The number of hydrogen-bond acceptors (Lipinski definition) is 4. The van der Waals surface area contributed by atoms with Crippen LogP contribution in [0.2, 0.25) is 0 Å². The van der Waals surface area contributed by atoms with E-state index in [1.807, 2.05) is 32.2 Å². The topological polar surface area (TPSA) is 50.8 Å². The van der Waals surface area contributed by atoms with Crippen molar-refractivity contribution >= 4 is 11.3 Å². The zero-order valence-electron chi connectivity index (χ0n) is 11.6. The molecule has 0 aliphatic heterocycles. The predicted molar refractivity (Wildman–Crippen MR) is 81.2 cm³/mol. The van der Waals surface area contributed by atoms with Gasteiger partial charge in [0.1, 0.15) is 10.6 Å². The summed E-state index contributed by atoms with van der Waals surface area (Å²) in [7, 11) is 1.69. The summed E-state index contributed by atoms with van der Waals surface area (Å²) in [6.07, 6.45) is 3.60. The van der Waals surface area contributed by atoms with E-state index < -0.39 is 0 Å². The van der Waals surface area contributed by atoms with Gasteiger partial charge in [-0.2, -0.15) is 0 Å². The van der Waals surface area contributed by atoms with E-state index in [4.69, 9.17) is 4.74 Å². The van der Waals surface area contributed by atoms with Crippen LogP contribution in [0.4, 0.5) is 0 Å². The third-order valence-corrected chi connectivity index (χ3v) is 4.26. The molecule has 0 fully saturated rings. The van der Waals surface area contributed by atoms with Crippen molar-refractivity contribution in [2.75, 3.05) is 7.11 Å². The van der Waals surface area contributed by atoms with Gasteiger partial charge >= 0.3 is 0 Å². The SMILES string of the molecule is COc1c(C)csc1-c1nc(C)c(-c2cccnc2)[nH]1. The molecule has 0 aromatic carbocycles. The first-order valence-electron chi connectivity index (χ1n) is 6.30. The molecule has 0 aliphatic rings. The number of rotatable bonds is 3. The van der Waals surface area contributed by atoms with Crippen LogP contribution < -0.4 is 4.74 Å². The van der Waals surface area contributed by atoms with Crippen LogP contribution in [0.25, 0.3) is 22.0 Å².